The van der Waals surface area contributed by atoms with E-state index in [1.54, 1.807) is 0 Å². The maximum atomic E-state index is 12.3. The molecular weight excluding hydrogens is 356 g/mol. The first-order valence-electron chi connectivity index (χ1n) is 9.19. The fourth-order valence-electron chi connectivity index (χ4n) is 3.19. The van der Waals surface area contributed by atoms with E-state index in [4.69, 9.17) is 9.47 Å². The molecule has 6 nitrogen and oxygen atoms in total. The zero-order chi connectivity index (χ0) is 20.1. The Morgan fingerprint density at radius 3 is 2.46 bits per heavy atom. The fraction of sp³-hybridized carbons (Fsp3) is 0.273. The van der Waals surface area contributed by atoms with Crippen molar-refractivity contribution in [1.82, 2.24) is 10.6 Å². The summed E-state index contributed by atoms with van der Waals surface area (Å²) >= 11 is 0. The minimum atomic E-state index is -0.568. The van der Waals surface area contributed by atoms with Gasteiger partial charge in [0.2, 0.25) is 0 Å². The molecule has 0 spiro atoms. The summed E-state index contributed by atoms with van der Waals surface area (Å²) in [6.45, 7) is 4.40. The van der Waals surface area contributed by atoms with Crippen molar-refractivity contribution in [2.24, 2.45) is 0 Å². The molecular formula is C22H24N2O4. The van der Waals surface area contributed by atoms with E-state index >= 15 is 0 Å². The van der Waals surface area contributed by atoms with Crippen molar-refractivity contribution in [2.45, 2.75) is 32.9 Å². The Morgan fingerprint density at radius 2 is 1.82 bits per heavy atom. The molecule has 0 aliphatic carbocycles. The molecule has 146 valence electrons. The predicted molar refractivity (Wildman–Crippen MR) is 106 cm³/mol. The number of nitrogens with one attached hydrogen (secondary N) is 2. The summed E-state index contributed by atoms with van der Waals surface area (Å²) < 4.78 is 10.8. The number of amides is 2. The first-order valence-corrected chi connectivity index (χ1v) is 9.19. The fourth-order valence-corrected chi connectivity index (χ4v) is 3.19. The highest BCUT2D eigenvalue weighted by atomic mass is 16.5. The molecule has 1 unspecified atom stereocenters. The van der Waals surface area contributed by atoms with Crippen LogP contribution in [-0.2, 0) is 16.1 Å². The van der Waals surface area contributed by atoms with Gasteiger partial charge in [0.15, 0.2) is 0 Å². The van der Waals surface area contributed by atoms with Crippen LogP contribution in [-0.4, -0.2) is 19.1 Å². The van der Waals surface area contributed by atoms with Gasteiger partial charge in [0.25, 0.3) is 0 Å². The third kappa shape index (κ3) is 4.17. The van der Waals surface area contributed by atoms with Crippen molar-refractivity contribution in [2.75, 3.05) is 7.11 Å². The van der Waals surface area contributed by atoms with Crippen LogP contribution in [0.3, 0.4) is 0 Å². The molecule has 6 heteroatoms. The lowest BCUT2D eigenvalue weighted by molar-refractivity contribution is -0.136. The van der Waals surface area contributed by atoms with Gasteiger partial charge < -0.3 is 20.1 Å². The van der Waals surface area contributed by atoms with Crippen molar-refractivity contribution in [1.29, 1.82) is 0 Å². The van der Waals surface area contributed by atoms with Gasteiger partial charge in [-0.05, 0) is 42.2 Å². The molecule has 1 aliphatic rings. The molecule has 2 amide bonds. The van der Waals surface area contributed by atoms with Gasteiger partial charge in [0.05, 0.1) is 18.7 Å². The Bertz CT molecular complexity index is 903. The minimum absolute atomic E-state index is 0.339. The van der Waals surface area contributed by atoms with E-state index in [0.717, 1.165) is 11.1 Å². The second kappa shape index (κ2) is 8.61. The van der Waals surface area contributed by atoms with Gasteiger partial charge in [-0.15, -0.1) is 0 Å². The van der Waals surface area contributed by atoms with Gasteiger partial charge in [-0.25, -0.2) is 9.59 Å². The summed E-state index contributed by atoms with van der Waals surface area (Å²) in [5.74, 6) is 0.251. The Morgan fingerprint density at radius 1 is 1.11 bits per heavy atom. The van der Waals surface area contributed by atoms with Gasteiger partial charge in [0, 0.05) is 5.70 Å². The molecule has 28 heavy (non-hydrogen) atoms. The van der Waals surface area contributed by atoms with E-state index in [0.29, 0.717) is 30.0 Å². The standard InChI is InChI=1S/C22H24N2O4/c1-4-18-19(21(25)27-3)20(24-22(26)23-18)15-9-11-17(12-10-15)28-13-16-8-6-5-7-14(16)2/h5-12,20H,4,13H2,1-3H3,(H2,23,24,26). The Balaban J connectivity index is 1.80. The zero-order valence-electron chi connectivity index (χ0n) is 16.2. The molecule has 1 aliphatic heterocycles. The first-order chi connectivity index (χ1) is 13.5. The van der Waals surface area contributed by atoms with Gasteiger partial charge in [0.1, 0.15) is 12.4 Å². The lowest BCUT2D eigenvalue weighted by Crippen LogP contribution is -2.45. The van der Waals surface area contributed by atoms with Crippen molar-refractivity contribution in [3.05, 3.63) is 76.5 Å². The van der Waals surface area contributed by atoms with Crippen molar-refractivity contribution >= 4 is 12.0 Å². The number of carbonyl (C=O) groups is 2. The SMILES string of the molecule is CCC1=C(C(=O)OC)C(c2ccc(OCc3ccccc3C)cc2)NC(=O)N1. The number of esters is 1. The molecule has 2 N–H and O–H groups in total. The number of ether oxygens (including phenoxy) is 2. The van der Waals surface area contributed by atoms with Crippen LogP contribution in [0.25, 0.3) is 0 Å². The average Bonchev–Trinajstić information content (AvgIpc) is 2.72. The smallest absolute Gasteiger partial charge is 0.337 e. The normalized spacial score (nSPS) is 16.2. The number of rotatable bonds is 6. The van der Waals surface area contributed by atoms with Gasteiger partial charge in [-0.1, -0.05) is 43.3 Å². The van der Waals surface area contributed by atoms with Crippen LogP contribution < -0.4 is 15.4 Å². The lowest BCUT2D eigenvalue weighted by atomic mass is 9.94. The highest BCUT2D eigenvalue weighted by Crippen LogP contribution is 2.30. The molecule has 0 saturated carbocycles. The maximum absolute atomic E-state index is 12.3. The highest BCUT2D eigenvalue weighted by molar-refractivity contribution is 5.95. The van der Waals surface area contributed by atoms with E-state index in [1.807, 2.05) is 62.4 Å². The lowest BCUT2D eigenvalue weighted by Gasteiger charge is -2.28. The second-order valence-corrected chi connectivity index (χ2v) is 6.55. The number of hydrogen-bond donors (Lipinski definition) is 2. The average molecular weight is 380 g/mol. The van der Waals surface area contributed by atoms with E-state index in [2.05, 4.69) is 10.6 Å². The molecule has 0 aromatic heterocycles. The third-order valence-electron chi connectivity index (χ3n) is 4.78. The van der Waals surface area contributed by atoms with Crippen LogP contribution in [0.5, 0.6) is 5.75 Å². The molecule has 0 bridgehead atoms. The topological polar surface area (TPSA) is 76.7 Å². The summed E-state index contributed by atoms with van der Waals surface area (Å²) in [7, 11) is 1.33. The summed E-state index contributed by atoms with van der Waals surface area (Å²) in [5, 5.41) is 5.49. The van der Waals surface area contributed by atoms with Crippen LogP contribution >= 0.6 is 0 Å². The molecule has 2 aromatic carbocycles. The molecule has 0 saturated heterocycles. The Kier molecular flexibility index (Phi) is 5.99. The Labute approximate surface area is 164 Å². The van der Waals surface area contributed by atoms with Gasteiger partial charge in [-0.3, -0.25) is 0 Å². The molecule has 0 radical (unpaired) electrons. The summed E-state index contributed by atoms with van der Waals surface area (Å²) in [6.07, 6.45) is 0.520. The number of benzene rings is 2. The Hall–Kier alpha value is -3.28. The third-order valence-corrected chi connectivity index (χ3v) is 4.78. The summed E-state index contributed by atoms with van der Waals surface area (Å²) in [4.78, 5) is 24.3. The number of allylic oxidation sites excluding steroid dienone is 1. The molecule has 2 aromatic rings. The van der Waals surface area contributed by atoms with E-state index in [1.165, 1.54) is 12.7 Å². The van der Waals surface area contributed by atoms with Crippen molar-refractivity contribution in [3.63, 3.8) is 0 Å². The van der Waals surface area contributed by atoms with Crippen LogP contribution in [0.15, 0.2) is 59.8 Å². The quantitative estimate of drug-likeness (QED) is 0.748. The molecule has 1 atom stereocenters. The maximum Gasteiger partial charge on any atom is 0.337 e. The van der Waals surface area contributed by atoms with Crippen LogP contribution in [0, 0.1) is 6.92 Å². The van der Waals surface area contributed by atoms with E-state index in [9.17, 15) is 9.59 Å². The van der Waals surface area contributed by atoms with Crippen LogP contribution in [0.4, 0.5) is 4.79 Å². The number of hydrogen-bond acceptors (Lipinski definition) is 4. The summed E-state index contributed by atoms with van der Waals surface area (Å²) in [5.41, 5.74) is 4.07. The number of aryl methyl sites for hydroxylation is 1. The monoisotopic (exact) mass is 380 g/mol. The summed E-state index contributed by atoms with van der Waals surface area (Å²) in [6, 6.07) is 14.5. The number of carbonyl (C=O) groups excluding carboxylic acids is 2. The highest BCUT2D eigenvalue weighted by Gasteiger charge is 2.32. The van der Waals surface area contributed by atoms with Crippen LogP contribution in [0.1, 0.15) is 36.1 Å². The minimum Gasteiger partial charge on any atom is -0.489 e. The van der Waals surface area contributed by atoms with Gasteiger partial charge in [-0.2, -0.15) is 0 Å². The molecule has 1 heterocycles. The first kappa shape index (κ1) is 19.5. The van der Waals surface area contributed by atoms with E-state index in [-0.39, 0.29) is 6.03 Å². The molecule has 3 rings (SSSR count). The van der Waals surface area contributed by atoms with Crippen molar-refractivity contribution in [3.8, 4) is 5.75 Å². The van der Waals surface area contributed by atoms with Gasteiger partial charge >= 0.3 is 12.0 Å². The van der Waals surface area contributed by atoms with E-state index < -0.39 is 12.0 Å². The zero-order valence-corrected chi connectivity index (χ0v) is 16.2. The number of methoxy groups -OCH3 is 1. The second-order valence-electron chi connectivity index (χ2n) is 6.55. The largest absolute Gasteiger partial charge is 0.489 e. The van der Waals surface area contributed by atoms with Crippen molar-refractivity contribution < 1.29 is 19.1 Å². The van der Waals surface area contributed by atoms with Crippen LogP contribution in [0.2, 0.25) is 0 Å². The number of urea groups is 1. The predicted octanol–water partition coefficient (Wildman–Crippen LogP) is 3.77. The molecule has 0 fully saturated rings.